The summed E-state index contributed by atoms with van der Waals surface area (Å²) in [6, 6.07) is 20.9. The van der Waals surface area contributed by atoms with Crippen molar-refractivity contribution in [1.82, 2.24) is 10.2 Å². The molecule has 0 aliphatic heterocycles. The number of likely N-dealkylation sites (N-methyl/N-ethyl adjacent to an activating group) is 1. The van der Waals surface area contributed by atoms with Gasteiger partial charge in [0.25, 0.3) is 0 Å². The molecule has 0 spiro atoms. The highest BCUT2D eigenvalue weighted by atomic mass is 16.5. The second-order valence-electron chi connectivity index (χ2n) is 8.48. The predicted octanol–water partition coefficient (Wildman–Crippen LogP) is 3.73. The number of nitrogens with zero attached hydrogens (tertiary/aromatic N) is 1. The highest BCUT2D eigenvalue weighted by Crippen LogP contribution is 2.44. The number of phenolic OH excluding ortho intramolecular Hbond substituents is 1. The van der Waals surface area contributed by atoms with Gasteiger partial charge in [-0.05, 0) is 39.9 Å². The van der Waals surface area contributed by atoms with Gasteiger partial charge in [0.15, 0.2) is 0 Å². The maximum absolute atomic E-state index is 12.9. The van der Waals surface area contributed by atoms with Crippen LogP contribution in [-0.4, -0.2) is 52.8 Å². The molecule has 0 saturated carbocycles. The number of carbonyl (C=O) groups excluding carboxylic acids is 2. The number of fused-ring (bicyclic) bond motifs is 3. The summed E-state index contributed by atoms with van der Waals surface area (Å²) >= 11 is 0. The maximum Gasteiger partial charge on any atom is 0.407 e. The van der Waals surface area contributed by atoms with Gasteiger partial charge in [-0.25, -0.2) is 4.79 Å². The quantitative estimate of drug-likeness (QED) is 0.458. The van der Waals surface area contributed by atoms with Crippen LogP contribution in [0.15, 0.2) is 72.8 Å². The van der Waals surface area contributed by atoms with E-state index in [9.17, 15) is 24.6 Å². The summed E-state index contributed by atoms with van der Waals surface area (Å²) in [7, 11) is 1.52. The van der Waals surface area contributed by atoms with Crippen molar-refractivity contribution < 1.29 is 29.3 Å². The average Bonchev–Trinajstić information content (AvgIpc) is 3.16. The summed E-state index contributed by atoms with van der Waals surface area (Å²) in [6.45, 7) is 0.235. The largest absolute Gasteiger partial charge is 0.508 e. The van der Waals surface area contributed by atoms with Gasteiger partial charge in [-0.3, -0.25) is 9.59 Å². The molecule has 4 rings (SSSR count). The Kier molecular flexibility index (Phi) is 7.01. The van der Waals surface area contributed by atoms with Crippen LogP contribution in [0.1, 0.15) is 29.0 Å². The molecule has 1 aliphatic rings. The molecule has 8 heteroatoms. The fourth-order valence-corrected chi connectivity index (χ4v) is 4.38. The normalized spacial score (nSPS) is 12.8. The Labute approximate surface area is 202 Å². The third-order valence-corrected chi connectivity index (χ3v) is 6.04. The van der Waals surface area contributed by atoms with Crippen LogP contribution in [0.3, 0.4) is 0 Å². The minimum absolute atomic E-state index is 0.0528. The van der Waals surface area contributed by atoms with E-state index < -0.39 is 30.4 Å². The molecule has 0 fully saturated rings. The van der Waals surface area contributed by atoms with E-state index in [1.807, 2.05) is 48.5 Å². The standard InChI is InChI=1S/C27H26N2O6/c1-29(15-17-10-12-18(30)13-11-17)26(33)24(14-25(31)32)28-27(34)35-16-23-21-8-4-2-6-19(21)20-7-3-5-9-22(20)23/h2-13,23-24,30H,14-16H2,1H3,(H,28,34)(H,31,32). The number of hydrogen-bond acceptors (Lipinski definition) is 5. The average molecular weight is 475 g/mol. The van der Waals surface area contributed by atoms with Gasteiger partial charge < -0.3 is 25.2 Å². The first-order valence-corrected chi connectivity index (χ1v) is 11.2. The van der Waals surface area contributed by atoms with Crippen LogP contribution in [0.2, 0.25) is 0 Å². The number of amides is 2. The Bertz CT molecular complexity index is 1190. The number of carbonyl (C=O) groups is 3. The Morgan fingerprint density at radius 1 is 0.943 bits per heavy atom. The number of ether oxygens (including phenoxy) is 1. The van der Waals surface area contributed by atoms with Gasteiger partial charge >= 0.3 is 12.1 Å². The number of carboxylic acid groups (broad SMARTS) is 1. The molecule has 0 aromatic heterocycles. The number of aliphatic carboxylic acids is 1. The Hall–Kier alpha value is -4.33. The first-order chi connectivity index (χ1) is 16.8. The van der Waals surface area contributed by atoms with Crippen molar-refractivity contribution in [3.63, 3.8) is 0 Å². The lowest BCUT2D eigenvalue weighted by atomic mass is 9.98. The lowest BCUT2D eigenvalue weighted by Gasteiger charge is -2.24. The van der Waals surface area contributed by atoms with Gasteiger partial charge in [-0.15, -0.1) is 0 Å². The van der Waals surface area contributed by atoms with E-state index in [0.717, 1.165) is 27.8 Å². The third kappa shape index (κ3) is 5.43. The second-order valence-corrected chi connectivity index (χ2v) is 8.48. The number of benzene rings is 3. The monoisotopic (exact) mass is 474 g/mol. The van der Waals surface area contributed by atoms with E-state index in [4.69, 9.17) is 4.74 Å². The number of carboxylic acids is 1. The Morgan fingerprint density at radius 3 is 2.09 bits per heavy atom. The molecule has 0 radical (unpaired) electrons. The first kappa shape index (κ1) is 23.8. The van der Waals surface area contributed by atoms with Crippen LogP contribution in [-0.2, 0) is 20.9 Å². The highest BCUT2D eigenvalue weighted by molar-refractivity contribution is 5.89. The summed E-state index contributed by atoms with van der Waals surface area (Å²) < 4.78 is 5.47. The van der Waals surface area contributed by atoms with E-state index in [1.165, 1.54) is 24.1 Å². The van der Waals surface area contributed by atoms with Crippen LogP contribution < -0.4 is 5.32 Å². The molecule has 0 heterocycles. The minimum Gasteiger partial charge on any atom is -0.508 e. The van der Waals surface area contributed by atoms with Crippen LogP contribution >= 0.6 is 0 Å². The lowest BCUT2D eigenvalue weighted by Crippen LogP contribution is -2.48. The van der Waals surface area contributed by atoms with Gasteiger partial charge in [0, 0.05) is 19.5 Å². The molecule has 35 heavy (non-hydrogen) atoms. The zero-order valence-corrected chi connectivity index (χ0v) is 19.2. The second kappa shape index (κ2) is 10.3. The minimum atomic E-state index is -1.29. The van der Waals surface area contributed by atoms with Gasteiger partial charge in [0.1, 0.15) is 18.4 Å². The van der Waals surface area contributed by atoms with Crippen LogP contribution in [0.5, 0.6) is 5.75 Å². The van der Waals surface area contributed by atoms with Crippen molar-refractivity contribution in [2.45, 2.75) is 24.9 Å². The number of hydrogen-bond donors (Lipinski definition) is 3. The van der Waals surface area contributed by atoms with Gasteiger partial charge in [0.2, 0.25) is 5.91 Å². The number of aromatic hydroxyl groups is 1. The smallest absolute Gasteiger partial charge is 0.407 e. The van der Waals surface area contributed by atoms with Crippen LogP contribution in [0, 0.1) is 0 Å². The summed E-state index contributed by atoms with van der Waals surface area (Å²) in [4.78, 5) is 38.2. The van der Waals surface area contributed by atoms with Crippen molar-refractivity contribution in [3.8, 4) is 16.9 Å². The number of rotatable bonds is 8. The zero-order chi connectivity index (χ0) is 24.9. The van der Waals surface area contributed by atoms with E-state index in [-0.39, 0.29) is 24.8 Å². The summed E-state index contributed by atoms with van der Waals surface area (Å²) in [5, 5.41) is 21.1. The molecule has 3 aromatic rings. The molecule has 1 atom stereocenters. The molecule has 0 bridgehead atoms. The Balaban J connectivity index is 1.41. The first-order valence-electron chi connectivity index (χ1n) is 11.2. The van der Waals surface area contributed by atoms with Crippen molar-refractivity contribution in [2.24, 2.45) is 0 Å². The fraction of sp³-hybridized carbons (Fsp3) is 0.222. The van der Waals surface area contributed by atoms with Crippen molar-refractivity contribution in [2.75, 3.05) is 13.7 Å². The summed E-state index contributed by atoms with van der Waals surface area (Å²) in [6.07, 6.45) is -1.44. The third-order valence-electron chi connectivity index (χ3n) is 6.04. The molecule has 180 valence electrons. The molecule has 1 unspecified atom stereocenters. The number of alkyl carbamates (subject to hydrolysis) is 1. The van der Waals surface area contributed by atoms with Gasteiger partial charge in [0.05, 0.1) is 6.42 Å². The SMILES string of the molecule is CN(Cc1ccc(O)cc1)C(=O)C(CC(=O)O)NC(=O)OCC1c2ccccc2-c2ccccc21. The lowest BCUT2D eigenvalue weighted by molar-refractivity contribution is -0.142. The van der Waals surface area contributed by atoms with E-state index in [2.05, 4.69) is 5.32 Å². The fourth-order valence-electron chi connectivity index (χ4n) is 4.38. The van der Waals surface area contributed by atoms with E-state index >= 15 is 0 Å². The summed E-state index contributed by atoms with van der Waals surface area (Å²) in [5.41, 5.74) is 5.02. The Morgan fingerprint density at radius 2 is 1.51 bits per heavy atom. The molecule has 2 amide bonds. The highest BCUT2D eigenvalue weighted by Gasteiger charge is 2.31. The molecular weight excluding hydrogens is 448 g/mol. The number of phenols is 1. The van der Waals surface area contributed by atoms with Crippen molar-refractivity contribution in [3.05, 3.63) is 89.5 Å². The van der Waals surface area contributed by atoms with E-state index in [1.54, 1.807) is 12.1 Å². The molecular formula is C27H26N2O6. The van der Waals surface area contributed by atoms with Crippen LogP contribution in [0.25, 0.3) is 11.1 Å². The van der Waals surface area contributed by atoms with Crippen LogP contribution in [0.4, 0.5) is 4.79 Å². The molecule has 3 aromatic carbocycles. The van der Waals surface area contributed by atoms with Gasteiger partial charge in [-0.2, -0.15) is 0 Å². The maximum atomic E-state index is 12.9. The zero-order valence-electron chi connectivity index (χ0n) is 19.2. The van der Waals surface area contributed by atoms with E-state index in [0.29, 0.717) is 0 Å². The molecule has 8 nitrogen and oxygen atoms in total. The van der Waals surface area contributed by atoms with Gasteiger partial charge in [-0.1, -0.05) is 60.7 Å². The van der Waals surface area contributed by atoms with Crippen molar-refractivity contribution in [1.29, 1.82) is 0 Å². The molecule has 3 N–H and O–H groups in total. The number of nitrogens with one attached hydrogen (secondary N) is 1. The summed E-state index contributed by atoms with van der Waals surface area (Å²) in [5.74, 6) is -1.84. The molecule has 1 aliphatic carbocycles. The van der Waals surface area contributed by atoms with Crippen molar-refractivity contribution >= 4 is 18.0 Å². The topological polar surface area (TPSA) is 116 Å². The molecule has 0 saturated heterocycles. The predicted molar refractivity (Wildman–Crippen MR) is 129 cm³/mol.